The van der Waals surface area contributed by atoms with Gasteiger partial charge in [0.05, 0.1) is 11.3 Å². The largest absolute Gasteiger partial charge is 0.348 e. The van der Waals surface area contributed by atoms with Crippen LogP contribution in [0.3, 0.4) is 0 Å². The molecule has 0 aliphatic rings. The zero-order valence-electron chi connectivity index (χ0n) is 12.7. The number of carbonyl (C=O) groups excluding carboxylic acids is 2. The van der Waals surface area contributed by atoms with Crippen LogP contribution in [0.2, 0.25) is 0 Å². The lowest BCUT2D eigenvalue weighted by Gasteiger charge is -2.11. The van der Waals surface area contributed by atoms with Crippen LogP contribution in [0.1, 0.15) is 28.8 Å². The lowest BCUT2D eigenvalue weighted by Crippen LogP contribution is -2.24. The standard InChI is InChI=1S/C18H19ClN2O2/c19-12-6-11-17(22)21-16-10-5-4-9-15(16)18(23)20-13-14-7-2-1-3-8-14/h1-5,7-10H,6,11-13H2,(H,20,23)(H,21,22). The minimum atomic E-state index is -0.220. The second-order valence-corrected chi connectivity index (χ2v) is 5.43. The number of anilines is 1. The summed E-state index contributed by atoms with van der Waals surface area (Å²) in [6, 6.07) is 16.6. The van der Waals surface area contributed by atoms with Crippen LogP contribution in [0, 0.1) is 0 Å². The van der Waals surface area contributed by atoms with Crippen LogP contribution in [0.15, 0.2) is 54.6 Å². The lowest BCUT2D eigenvalue weighted by atomic mass is 10.1. The van der Waals surface area contributed by atoms with Crippen LogP contribution in [0.5, 0.6) is 0 Å². The maximum Gasteiger partial charge on any atom is 0.253 e. The van der Waals surface area contributed by atoms with Gasteiger partial charge in [0.25, 0.3) is 5.91 Å². The Morgan fingerprint density at radius 2 is 1.65 bits per heavy atom. The van der Waals surface area contributed by atoms with Gasteiger partial charge in [0, 0.05) is 18.8 Å². The van der Waals surface area contributed by atoms with Gasteiger partial charge in [-0.25, -0.2) is 0 Å². The van der Waals surface area contributed by atoms with E-state index in [1.54, 1.807) is 24.3 Å². The van der Waals surface area contributed by atoms with Crippen LogP contribution < -0.4 is 10.6 Å². The Kier molecular flexibility index (Phi) is 6.63. The van der Waals surface area contributed by atoms with Gasteiger partial charge in [0.15, 0.2) is 0 Å². The minimum absolute atomic E-state index is 0.144. The molecule has 0 heterocycles. The number of hydrogen-bond donors (Lipinski definition) is 2. The average molecular weight is 331 g/mol. The molecule has 0 atom stereocenters. The number of benzene rings is 2. The molecule has 2 aromatic carbocycles. The van der Waals surface area contributed by atoms with E-state index in [0.29, 0.717) is 36.5 Å². The zero-order chi connectivity index (χ0) is 16.5. The number of halogens is 1. The quantitative estimate of drug-likeness (QED) is 0.762. The van der Waals surface area contributed by atoms with E-state index >= 15 is 0 Å². The first-order valence-electron chi connectivity index (χ1n) is 7.47. The van der Waals surface area contributed by atoms with Crippen molar-refractivity contribution < 1.29 is 9.59 Å². The fraction of sp³-hybridized carbons (Fsp3) is 0.222. The van der Waals surface area contributed by atoms with Gasteiger partial charge in [-0.05, 0) is 24.1 Å². The molecule has 0 unspecified atom stereocenters. The third-order valence-electron chi connectivity index (χ3n) is 3.28. The molecule has 23 heavy (non-hydrogen) atoms. The first kappa shape index (κ1) is 17.0. The van der Waals surface area contributed by atoms with Gasteiger partial charge in [-0.2, -0.15) is 0 Å². The van der Waals surface area contributed by atoms with Crippen molar-refractivity contribution in [2.45, 2.75) is 19.4 Å². The average Bonchev–Trinajstić information content (AvgIpc) is 2.59. The van der Waals surface area contributed by atoms with Crippen molar-refractivity contribution in [2.75, 3.05) is 11.2 Å². The summed E-state index contributed by atoms with van der Waals surface area (Å²) < 4.78 is 0. The topological polar surface area (TPSA) is 58.2 Å². The number of para-hydroxylation sites is 1. The molecular formula is C18H19ClN2O2. The maximum absolute atomic E-state index is 12.4. The molecule has 0 aromatic heterocycles. The van der Waals surface area contributed by atoms with E-state index in [0.717, 1.165) is 5.56 Å². The molecule has 0 bridgehead atoms. The van der Waals surface area contributed by atoms with Crippen molar-refractivity contribution in [3.05, 3.63) is 65.7 Å². The van der Waals surface area contributed by atoms with Crippen molar-refractivity contribution in [3.63, 3.8) is 0 Å². The van der Waals surface area contributed by atoms with E-state index in [9.17, 15) is 9.59 Å². The molecule has 0 aliphatic carbocycles. The van der Waals surface area contributed by atoms with Crippen molar-refractivity contribution in [2.24, 2.45) is 0 Å². The number of amides is 2. The van der Waals surface area contributed by atoms with Gasteiger partial charge in [0.2, 0.25) is 5.91 Å². The fourth-order valence-electron chi connectivity index (χ4n) is 2.10. The van der Waals surface area contributed by atoms with Crippen LogP contribution in [-0.2, 0) is 11.3 Å². The van der Waals surface area contributed by atoms with Crippen LogP contribution in [0.4, 0.5) is 5.69 Å². The number of hydrogen-bond acceptors (Lipinski definition) is 2. The molecule has 2 rings (SSSR count). The summed E-state index contributed by atoms with van der Waals surface area (Å²) in [7, 11) is 0. The fourth-order valence-corrected chi connectivity index (χ4v) is 2.24. The van der Waals surface area contributed by atoms with Gasteiger partial charge in [-0.3, -0.25) is 9.59 Å². The molecule has 2 amide bonds. The number of rotatable bonds is 7. The summed E-state index contributed by atoms with van der Waals surface area (Å²) in [5.41, 5.74) is 1.98. The predicted molar refractivity (Wildman–Crippen MR) is 92.6 cm³/mol. The zero-order valence-corrected chi connectivity index (χ0v) is 13.5. The summed E-state index contributed by atoms with van der Waals surface area (Å²) in [5, 5.41) is 5.63. The second-order valence-electron chi connectivity index (χ2n) is 5.05. The summed E-state index contributed by atoms with van der Waals surface area (Å²) in [4.78, 5) is 24.2. The monoisotopic (exact) mass is 330 g/mol. The van der Waals surface area contributed by atoms with Crippen molar-refractivity contribution >= 4 is 29.1 Å². The minimum Gasteiger partial charge on any atom is -0.348 e. The molecule has 0 saturated carbocycles. The third-order valence-corrected chi connectivity index (χ3v) is 3.55. The van der Waals surface area contributed by atoms with E-state index in [-0.39, 0.29) is 11.8 Å². The molecule has 120 valence electrons. The van der Waals surface area contributed by atoms with Gasteiger partial charge < -0.3 is 10.6 Å². The molecular weight excluding hydrogens is 312 g/mol. The highest BCUT2D eigenvalue weighted by Crippen LogP contribution is 2.16. The van der Waals surface area contributed by atoms with Crippen LogP contribution in [0.25, 0.3) is 0 Å². The molecule has 2 aromatic rings. The van der Waals surface area contributed by atoms with Gasteiger partial charge in [-0.1, -0.05) is 42.5 Å². The van der Waals surface area contributed by atoms with Gasteiger partial charge in [-0.15, -0.1) is 11.6 Å². The highest BCUT2D eigenvalue weighted by molar-refractivity contribution is 6.18. The van der Waals surface area contributed by atoms with Crippen LogP contribution in [-0.4, -0.2) is 17.7 Å². The van der Waals surface area contributed by atoms with E-state index in [1.807, 2.05) is 30.3 Å². The second kappa shape index (κ2) is 8.96. The van der Waals surface area contributed by atoms with E-state index in [1.165, 1.54) is 0 Å². The molecule has 4 nitrogen and oxygen atoms in total. The maximum atomic E-state index is 12.4. The molecule has 0 fully saturated rings. The SMILES string of the molecule is O=C(CCCCl)Nc1ccccc1C(=O)NCc1ccccc1. The summed E-state index contributed by atoms with van der Waals surface area (Å²) in [6.45, 7) is 0.439. The van der Waals surface area contributed by atoms with E-state index in [2.05, 4.69) is 10.6 Å². The van der Waals surface area contributed by atoms with Crippen molar-refractivity contribution in [1.29, 1.82) is 0 Å². The van der Waals surface area contributed by atoms with Crippen LogP contribution >= 0.6 is 11.6 Å². The highest BCUT2D eigenvalue weighted by atomic mass is 35.5. The smallest absolute Gasteiger partial charge is 0.253 e. The number of alkyl halides is 1. The Morgan fingerprint density at radius 1 is 0.957 bits per heavy atom. The predicted octanol–water partition coefficient (Wildman–Crippen LogP) is 3.57. The number of nitrogens with one attached hydrogen (secondary N) is 2. The van der Waals surface area contributed by atoms with Gasteiger partial charge in [0.1, 0.15) is 0 Å². The Balaban J connectivity index is 2.01. The summed E-state index contributed by atoms with van der Waals surface area (Å²) >= 11 is 5.59. The highest BCUT2D eigenvalue weighted by Gasteiger charge is 2.12. The van der Waals surface area contributed by atoms with E-state index in [4.69, 9.17) is 11.6 Å². The summed E-state index contributed by atoms with van der Waals surface area (Å²) in [6.07, 6.45) is 0.944. The first-order chi connectivity index (χ1) is 11.2. The Labute approximate surface area is 140 Å². The molecule has 2 N–H and O–H groups in total. The lowest BCUT2D eigenvalue weighted by molar-refractivity contribution is -0.116. The van der Waals surface area contributed by atoms with Gasteiger partial charge >= 0.3 is 0 Å². The Bertz CT molecular complexity index is 659. The number of carbonyl (C=O) groups is 2. The molecule has 0 spiro atoms. The third kappa shape index (κ3) is 5.42. The molecule has 0 radical (unpaired) electrons. The summed E-state index contributed by atoms with van der Waals surface area (Å²) in [5.74, 6) is 0.0724. The Hall–Kier alpha value is -2.33. The Morgan fingerprint density at radius 3 is 2.39 bits per heavy atom. The molecule has 0 aliphatic heterocycles. The normalized spacial score (nSPS) is 10.1. The van der Waals surface area contributed by atoms with Crippen molar-refractivity contribution in [1.82, 2.24) is 5.32 Å². The van der Waals surface area contributed by atoms with Crippen molar-refractivity contribution in [3.8, 4) is 0 Å². The van der Waals surface area contributed by atoms with E-state index < -0.39 is 0 Å². The first-order valence-corrected chi connectivity index (χ1v) is 8.01. The molecule has 5 heteroatoms. The molecule has 0 saturated heterocycles.